The van der Waals surface area contributed by atoms with Crippen molar-refractivity contribution in [2.75, 3.05) is 32.7 Å². The molecule has 5 heteroatoms. The molecule has 1 saturated heterocycles. The van der Waals surface area contributed by atoms with E-state index in [0.29, 0.717) is 17.3 Å². The van der Waals surface area contributed by atoms with Crippen LogP contribution in [0.15, 0.2) is 85.1 Å². The summed E-state index contributed by atoms with van der Waals surface area (Å²) in [6.07, 6.45) is 9.90. The van der Waals surface area contributed by atoms with Crippen molar-refractivity contribution in [3.8, 4) is 6.07 Å². The average molecular weight is 569 g/mol. The maximum Gasteiger partial charge on any atom is 0.166 e. The van der Waals surface area contributed by atoms with Crippen molar-refractivity contribution in [1.29, 1.82) is 5.26 Å². The SMILES string of the molecule is N#Cc1ccc2c(ccn2CCN2CC=C(c3ccc4c(c3)CC(CC3CCN(Cc5ccccc5)CC3)C4=O)CC2)c1. The average Bonchev–Trinajstić information content (AvgIpc) is 3.60. The van der Waals surface area contributed by atoms with Gasteiger partial charge in [-0.3, -0.25) is 14.6 Å². The van der Waals surface area contributed by atoms with Crippen LogP contribution in [0.4, 0.5) is 0 Å². The number of carbonyl (C=O) groups excluding carboxylic acids is 1. The Kier molecular flexibility index (Phi) is 7.98. The van der Waals surface area contributed by atoms with E-state index in [0.717, 1.165) is 76.0 Å². The molecule has 0 bridgehead atoms. The largest absolute Gasteiger partial charge is 0.346 e. The third-order valence-electron chi connectivity index (χ3n) is 10.0. The Morgan fingerprint density at radius 2 is 1.74 bits per heavy atom. The molecular weight excluding hydrogens is 528 g/mol. The predicted molar refractivity (Wildman–Crippen MR) is 173 cm³/mol. The molecule has 5 nitrogen and oxygen atoms in total. The predicted octanol–water partition coefficient (Wildman–Crippen LogP) is 6.96. The first kappa shape index (κ1) is 27.8. The van der Waals surface area contributed by atoms with Crippen molar-refractivity contribution in [3.63, 3.8) is 0 Å². The Morgan fingerprint density at radius 1 is 0.884 bits per heavy atom. The zero-order chi connectivity index (χ0) is 29.2. The molecule has 3 aliphatic rings. The number of hydrogen-bond donors (Lipinski definition) is 0. The number of piperidine rings is 1. The summed E-state index contributed by atoms with van der Waals surface area (Å²) in [5.74, 6) is 1.18. The lowest BCUT2D eigenvalue weighted by Gasteiger charge is -2.33. The number of rotatable bonds is 8. The first-order valence-corrected chi connectivity index (χ1v) is 16.0. The molecule has 4 aromatic rings. The molecule has 7 rings (SSSR count). The van der Waals surface area contributed by atoms with Crippen LogP contribution in [0.5, 0.6) is 0 Å². The van der Waals surface area contributed by atoms with E-state index < -0.39 is 0 Å². The van der Waals surface area contributed by atoms with E-state index in [4.69, 9.17) is 5.26 Å². The van der Waals surface area contributed by atoms with E-state index >= 15 is 0 Å². The van der Waals surface area contributed by atoms with Crippen molar-refractivity contribution in [2.24, 2.45) is 11.8 Å². The highest BCUT2D eigenvalue weighted by Crippen LogP contribution is 2.36. The fourth-order valence-electron chi connectivity index (χ4n) is 7.49. The van der Waals surface area contributed by atoms with Crippen LogP contribution in [0.2, 0.25) is 0 Å². The molecule has 218 valence electrons. The summed E-state index contributed by atoms with van der Waals surface area (Å²) in [6, 6.07) is 27.6. The van der Waals surface area contributed by atoms with Gasteiger partial charge in [0.2, 0.25) is 0 Å². The number of likely N-dealkylation sites (tertiary alicyclic amines) is 1. The number of Topliss-reactive ketones (excluding diaryl/α,β-unsaturated/α-hetero) is 1. The first-order valence-electron chi connectivity index (χ1n) is 16.0. The van der Waals surface area contributed by atoms with Gasteiger partial charge in [0.05, 0.1) is 11.6 Å². The lowest BCUT2D eigenvalue weighted by Crippen LogP contribution is -2.34. The lowest BCUT2D eigenvalue weighted by molar-refractivity contribution is 0.0895. The second-order valence-corrected chi connectivity index (χ2v) is 12.8. The van der Waals surface area contributed by atoms with Gasteiger partial charge in [0.25, 0.3) is 0 Å². The summed E-state index contributed by atoms with van der Waals surface area (Å²) in [7, 11) is 0. The molecule has 0 amide bonds. The van der Waals surface area contributed by atoms with E-state index in [9.17, 15) is 4.79 Å². The Bertz CT molecular complexity index is 1690. The number of ketones is 1. The second-order valence-electron chi connectivity index (χ2n) is 12.8. The van der Waals surface area contributed by atoms with E-state index in [1.807, 2.05) is 12.1 Å². The van der Waals surface area contributed by atoms with Gasteiger partial charge in [-0.15, -0.1) is 0 Å². The molecule has 3 aromatic carbocycles. The van der Waals surface area contributed by atoms with Gasteiger partial charge in [0.1, 0.15) is 0 Å². The Morgan fingerprint density at radius 3 is 2.53 bits per heavy atom. The standard InChI is InChI=1S/C38H40N4O/c39-26-30-6-9-37-33(23-30)14-19-42(37)21-20-40-17-12-31(13-18-40)32-7-8-36-34(24-32)25-35(38(36)43)22-28-10-15-41(16-11-28)27-29-4-2-1-3-5-29/h1-9,12,14,19,23-24,28,35H,10-11,13,15-18,20-22,25,27H2. The van der Waals surface area contributed by atoms with Gasteiger partial charge in [-0.05, 0) is 97.6 Å². The van der Waals surface area contributed by atoms with Crippen LogP contribution in [-0.2, 0) is 19.5 Å². The third kappa shape index (κ3) is 6.09. The van der Waals surface area contributed by atoms with Gasteiger partial charge in [0.15, 0.2) is 5.78 Å². The number of nitrogens with zero attached hydrogens (tertiary/aromatic N) is 4. The van der Waals surface area contributed by atoms with Crippen LogP contribution < -0.4 is 0 Å². The number of fused-ring (bicyclic) bond motifs is 2. The summed E-state index contributed by atoms with van der Waals surface area (Å²) in [5, 5.41) is 10.3. The summed E-state index contributed by atoms with van der Waals surface area (Å²) >= 11 is 0. The molecule has 0 radical (unpaired) electrons. The van der Waals surface area contributed by atoms with Crippen LogP contribution in [0, 0.1) is 23.2 Å². The highest BCUT2D eigenvalue weighted by atomic mass is 16.1. The molecule has 0 spiro atoms. The zero-order valence-corrected chi connectivity index (χ0v) is 24.9. The van der Waals surface area contributed by atoms with E-state index in [1.54, 1.807) is 0 Å². The highest BCUT2D eigenvalue weighted by molar-refractivity contribution is 6.02. The summed E-state index contributed by atoms with van der Waals surface area (Å²) in [6.45, 7) is 7.24. The van der Waals surface area contributed by atoms with Crippen molar-refractivity contribution < 1.29 is 4.79 Å². The quantitative estimate of drug-likeness (QED) is 0.231. The Balaban J connectivity index is 0.913. The van der Waals surface area contributed by atoms with E-state index in [-0.39, 0.29) is 5.92 Å². The molecule has 3 heterocycles. The van der Waals surface area contributed by atoms with E-state index in [2.05, 4.69) is 93.4 Å². The fraction of sp³-hybridized carbons (Fsp3) is 0.368. The molecular formula is C38H40N4O. The maximum absolute atomic E-state index is 13.3. The van der Waals surface area contributed by atoms with Crippen molar-refractivity contribution in [1.82, 2.24) is 14.4 Å². The minimum absolute atomic E-state index is 0.156. The van der Waals surface area contributed by atoms with Crippen LogP contribution in [-0.4, -0.2) is 52.9 Å². The van der Waals surface area contributed by atoms with Crippen molar-refractivity contribution in [2.45, 2.75) is 45.2 Å². The molecule has 0 saturated carbocycles. The van der Waals surface area contributed by atoms with Gasteiger partial charge in [0, 0.05) is 61.3 Å². The molecule has 1 aliphatic carbocycles. The highest BCUT2D eigenvalue weighted by Gasteiger charge is 2.33. The number of nitriles is 1. The zero-order valence-electron chi connectivity index (χ0n) is 24.9. The molecule has 0 N–H and O–H groups in total. The molecule has 1 atom stereocenters. The fourth-order valence-corrected chi connectivity index (χ4v) is 7.49. The first-order chi connectivity index (χ1) is 21.1. The van der Waals surface area contributed by atoms with Gasteiger partial charge < -0.3 is 4.57 Å². The third-order valence-corrected chi connectivity index (χ3v) is 10.0. The number of hydrogen-bond acceptors (Lipinski definition) is 4. The molecule has 2 aliphatic heterocycles. The van der Waals surface area contributed by atoms with Crippen LogP contribution in [0.1, 0.15) is 58.3 Å². The maximum atomic E-state index is 13.3. The molecule has 1 unspecified atom stereocenters. The van der Waals surface area contributed by atoms with Crippen LogP contribution >= 0.6 is 0 Å². The van der Waals surface area contributed by atoms with Gasteiger partial charge in [-0.1, -0.05) is 54.6 Å². The number of carbonyl (C=O) groups is 1. The van der Waals surface area contributed by atoms with Crippen LogP contribution in [0.3, 0.4) is 0 Å². The normalized spacial score (nSPS) is 19.8. The van der Waals surface area contributed by atoms with Gasteiger partial charge in [-0.2, -0.15) is 5.26 Å². The monoisotopic (exact) mass is 568 g/mol. The van der Waals surface area contributed by atoms with Gasteiger partial charge in [-0.25, -0.2) is 0 Å². The Labute approximate surface area is 255 Å². The lowest BCUT2D eigenvalue weighted by atomic mass is 9.85. The van der Waals surface area contributed by atoms with Crippen molar-refractivity contribution in [3.05, 3.63) is 113 Å². The Hall–Kier alpha value is -3.98. The molecule has 43 heavy (non-hydrogen) atoms. The number of benzene rings is 3. The topological polar surface area (TPSA) is 52.3 Å². The molecule has 1 fully saturated rings. The molecule has 1 aromatic heterocycles. The summed E-state index contributed by atoms with van der Waals surface area (Å²) < 4.78 is 2.29. The second kappa shape index (κ2) is 12.3. The smallest absolute Gasteiger partial charge is 0.166 e. The summed E-state index contributed by atoms with van der Waals surface area (Å²) in [4.78, 5) is 18.4. The summed E-state index contributed by atoms with van der Waals surface area (Å²) in [5.41, 5.74) is 8.22. The van der Waals surface area contributed by atoms with E-state index in [1.165, 1.54) is 40.6 Å². The van der Waals surface area contributed by atoms with Crippen LogP contribution in [0.25, 0.3) is 16.5 Å². The number of aromatic nitrogens is 1. The van der Waals surface area contributed by atoms with Crippen molar-refractivity contribution >= 4 is 22.3 Å². The minimum atomic E-state index is 0.156. The minimum Gasteiger partial charge on any atom is -0.346 e. The van der Waals surface area contributed by atoms with Gasteiger partial charge >= 0.3 is 0 Å².